The van der Waals surface area contributed by atoms with Crippen LogP contribution in [0.1, 0.15) is 56.0 Å². The molecule has 13 heteroatoms. The van der Waals surface area contributed by atoms with E-state index in [-0.39, 0.29) is 37.8 Å². The van der Waals surface area contributed by atoms with Gasteiger partial charge in [-0.1, -0.05) is 0 Å². The van der Waals surface area contributed by atoms with Crippen LogP contribution >= 0.6 is 0 Å². The Morgan fingerprint density at radius 3 is 2.42 bits per heavy atom. The molecule has 33 heavy (non-hydrogen) atoms. The summed E-state index contributed by atoms with van der Waals surface area (Å²) in [6, 6.07) is 3.14. The first-order chi connectivity index (χ1) is 15.2. The lowest BCUT2D eigenvalue weighted by Gasteiger charge is -2.36. The first-order valence-corrected chi connectivity index (χ1v) is 11.9. The van der Waals surface area contributed by atoms with Crippen LogP contribution in [0, 0.1) is 29.6 Å². The van der Waals surface area contributed by atoms with E-state index in [1.807, 2.05) is 17.5 Å². The van der Waals surface area contributed by atoms with Gasteiger partial charge in [0.25, 0.3) is 5.91 Å². The highest BCUT2D eigenvalue weighted by Crippen LogP contribution is 2.40. The summed E-state index contributed by atoms with van der Waals surface area (Å²) in [6.45, 7) is 1.39. The van der Waals surface area contributed by atoms with E-state index in [2.05, 4.69) is 10.3 Å². The minimum atomic E-state index is -5.15. The first-order valence-electron chi connectivity index (χ1n) is 10.0. The van der Waals surface area contributed by atoms with E-state index in [0.717, 1.165) is 6.07 Å². The van der Waals surface area contributed by atoms with Gasteiger partial charge < -0.3 is 10.4 Å². The van der Waals surface area contributed by atoms with Crippen LogP contribution in [-0.4, -0.2) is 47.3 Å². The molecule has 1 aliphatic rings. The van der Waals surface area contributed by atoms with E-state index in [4.69, 9.17) is 5.26 Å². The number of nitrogens with one attached hydrogen (secondary N) is 2. The zero-order valence-corrected chi connectivity index (χ0v) is 18.8. The number of sulfone groups is 1. The summed E-state index contributed by atoms with van der Waals surface area (Å²) in [5.74, 6) is -2.14. The topological polar surface area (TPSA) is 156 Å². The molecule has 0 bridgehead atoms. The third kappa shape index (κ3) is 5.92. The Morgan fingerprint density at radius 2 is 1.94 bits per heavy atom. The number of alkyl halides is 3. The Bertz CT molecular complexity index is 1090. The second kappa shape index (κ2) is 9.53. The van der Waals surface area contributed by atoms with Crippen LogP contribution in [0.15, 0.2) is 12.1 Å². The Morgan fingerprint density at radius 1 is 1.30 bits per heavy atom. The summed E-state index contributed by atoms with van der Waals surface area (Å²) in [7, 11) is -4.58. The third-order valence-electron chi connectivity index (χ3n) is 5.40. The Kier molecular flexibility index (Phi) is 7.61. The van der Waals surface area contributed by atoms with Gasteiger partial charge in [0.05, 0.1) is 12.1 Å². The molecule has 1 aromatic rings. The summed E-state index contributed by atoms with van der Waals surface area (Å²) >= 11 is 0. The van der Waals surface area contributed by atoms with Crippen molar-refractivity contribution in [2.24, 2.45) is 0 Å². The highest BCUT2D eigenvalue weighted by Gasteiger charge is 2.57. The molecule has 2 atom stereocenters. The largest absolute Gasteiger partial charge is 0.506 e. The Balaban J connectivity index is 2.62. The summed E-state index contributed by atoms with van der Waals surface area (Å²) in [6.07, 6.45) is -4.60. The number of aromatic hydroxyl groups is 1. The minimum absolute atomic E-state index is 0.00647. The quantitative estimate of drug-likeness (QED) is 0.425. The maximum Gasteiger partial charge on any atom is 0.409 e. The SMILES string of the molecule is Cc1ccc(O)c(C(N[C@@](CCCCC#N)(C(=O)NC2(C#N)CC2)S(C)(=O)=O)C(F)(F)F)n1. The highest BCUT2D eigenvalue weighted by molar-refractivity contribution is 7.92. The van der Waals surface area contributed by atoms with Crippen molar-refractivity contribution in [3.8, 4) is 17.9 Å². The zero-order chi connectivity index (χ0) is 25.1. The molecular weight excluding hydrogens is 463 g/mol. The lowest BCUT2D eigenvalue weighted by Crippen LogP contribution is -2.65. The van der Waals surface area contributed by atoms with Crippen LogP contribution in [0.5, 0.6) is 5.75 Å². The number of aryl methyl sites for hydroxylation is 1. The number of nitriles is 2. The number of hydrogen-bond acceptors (Lipinski definition) is 8. The fourth-order valence-corrected chi connectivity index (χ4v) is 4.55. The van der Waals surface area contributed by atoms with Crippen LogP contribution in [0.25, 0.3) is 0 Å². The van der Waals surface area contributed by atoms with E-state index >= 15 is 0 Å². The summed E-state index contributed by atoms with van der Waals surface area (Å²) in [5, 5.41) is 32.3. The molecule has 1 saturated carbocycles. The summed E-state index contributed by atoms with van der Waals surface area (Å²) in [5.41, 5.74) is -2.11. The van der Waals surface area contributed by atoms with Crippen molar-refractivity contribution in [2.75, 3.05) is 6.26 Å². The number of aromatic nitrogens is 1. The van der Waals surface area contributed by atoms with Crippen LogP contribution in [-0.2, 0) is 14.6 Å². The van der Waals surface area contributed by atoms with Crippen molar-refractivity contribution in [2.45, 2.75) is 68.1 Å². The average molecular weight is 488 g/mol. The van der Waals surface area contributed by atoms with Crippen molar-refractivity contribution in [3.63, 3.8) is 0 Å². The van der Waals surface area contributed by atoms with Crippen LogP contribution in [0.2, 0.25) is 0 Å². The van der Waals surface area contributed by atoms with E-state index in [9.17, 15) is 36.8 Å². The number of carbonyl (C=O) groups is 1. The number of halogens is 3. The maximum atomic E-state index is 14.1. The van der Waals surface area contributed by atoms with E-state index in [0.29, 0.717) is 6.26 Å². The number of nitrogens with zero attached hydrogens (tertiary/aromatic N) is 3. The van der Waals surface area contributed by atoms with Crippen molar-refractivity contribution >= 4 is 15.7 Å². The van der Waals surface area contributed by atoms with E-state index in [1.54, 1.807) is 0 Å². The van der Waals surface area contributed by atoms with Gasteiger partial charge in [-0.25, -0.2) is 8.42 Å². The van der Waals surface area contributed by atoms with Crippen molar-refractivity contribution in [3.05, 3.63) is 23.5 Å². The molecule has 1 aromatic heterocycles. The maximum absolute atomic E-state index is 14.1. The number of rotatable bonds is 10. The number of amides is 1. The lowest BCUT2D eigenvalue weighted by molar-refractivity contribution is -0.163. The molecule has 9 nitrogen and oxygen atoms in total. The Hall–Kier alpha value is -2.90. The molecule has 0 aromatic carbocycles. The molecule has 3 N–H and O–H groups in total. The number of hydrogen-bond donors (Lipinski definition) is 3. The zero-order valence-electron chi connectivity index (χ0n) is 18.0. The normalized spacial score (nSPS) is 17.8. The third-order valence-corrected chi connectivity index (χ3v) is 7.18. The van der Waals surface area contributed by atoms with Gasteiger partial charge in [0.2, 0.25) is 4.87 Å². The fraction of sp³-hybridized carbons (Fsp3) is 0.600. The van der Waals surface area contributed by atoms with Gasteiger partial charge in [0.1, 0.15) is 17.0 Å². The molecule has 2 rings (SSSR count). The Labute approximate surface area is 189 Å². The molecule has 0 aliphatic heterocycles. The first kappa shape index (κ1) is 26.4. The van der Waals surface area contributed by atoms with Crippen molar-refractivity contribution < 1.29 is 31.5 Å². The van der Waals surface area contributed by atoms with E-state index in [1.165, 1.54) is 13.0 Å². The van der Waals surface area contributed by atoms with Gasteiger partial charge in [-0.05, 0) is 51.2 Å². The average Bonchev–Trinajstić information content (AvgIpc) is 3.47. The van der Waals surface area contributed by atoms with Gasteiger partial charge in [-0.3, -0.25) is 15.1 Å². The number of pyridine rings is 1. The second-order valence-corrected chi connectivity index (χ2v) is 10.3. The molecular formula is C20H24F3N5O4S. The molecule has 180 valence electrons. The molecule has 1 heterocycles. The van der Waals surface area contributed by atoms with Crippen LogP contribution < -0.4 is 10.6 Å². The van der Waals surface area contributed by atoms with Gasteiger partial charge in [-0.15, -0.1) is 0 Å². The van der Waals surface area contributed by atoms with Crippen molar-refractivity contribution in [1.29, 1.82) is 10.5 Å². The van der Waals surface area contributed by atoms with Gasteiger partial charge >= 0.3 is 6.18 Å². The minimum Gasteiger partial charge on any atom is -0.506 e. The van der Waals surface area contributed by atoms with Crippen LogP contribution in [0.4, 0.5) is 13.2 Å². The summed E-state index contributed by atoms with van der Waals surface area (Å²) < 4.78 is 68.1. The summed E-state index contributed by atoms with van der Waals surface area (Å²) in [4.78, 5) is 14.1. The molecule has 0 radical (unpaired) electrons. The fourth-order valence-electron chi connectivity index (χ4n) is 3.32. The number of carbonyl (C=O) groups excluding carboxylic acids is 1. The standard InChI is InChI=1S/C20H24F3N5O4S/c1-13-6-7-14(29)15(26-13)16(20(21,22)23)27-19(33(2,31)32,8-4-3-5-11-24)17(30)28-18(12-25)9-10-18/h6-7,16,27,29H,3-5,8-10H2,1-2H3,(H,28,30)/t16?,19-/m1/s1. The monoisotopic (exact) mass is 487 g/mol. The molecule has 1 fully saturated rings. The lowest BCUT2D eigenvalue weighted by atomic mass is 10.0. The number of unbranched alkanes of at least 4 members (excludes halogenated alkanes) is 2. The molecule has 1 amide bonds. The van der Waals surface area contributed by atoms with E-state index < -0.39 is 56.2 Å². The van der Waals surface area contributed by atoms with Gasteiger partial charge in [0.15, 0.2) is 15.9 Å². The smallest absolute Gasteiger partial charge is 0.409 e. The highest BCUT2D eigenvalue weighted by atomic mass is 32.2. The second-order valence-electron chi connectivity index (χ2n) is 8.09. The van der Waals surface area contributed by atoms with Crippen LogP contribution in [0.3, 0.4) is 0 Å². The molecule has 0 saturated heterocycles. The predicted molar refractivity (Wildman–Crippen MR) is 110 cm³/mol. The molecule has 0 spiro atoms. The molecule has 1 unspecified atom stereocenters. The predicted octanol–water partition coefficient (Wildman–Crippen LogP) is 2.29. The van der Waals surface area contributed by atoms with Gasteiger partial charge in [-0.2, -0.15) is 23.7 Å². The van der Waals surface area contributed by atoms with Crippen molar-refractivity contribution in [1.82, 2.24) is 15.6 Å². The van der Waals surface area contributed by atoms with Gasteiger partial charge in [0, 0.05) is 18.4 Å². The molecule has 1 aliphatic carbocycles.